The normalized spacial score (nSPS) is 9.27. The third-order valence-electron chi connectivity index (χ3n) is 0.963. The van der Waals surface area contributed by atoms with Crippen molar-refractivity contribution in [1.82, 2.24) is 0 Å². The molecule has 0 saturated carbocycles. The number of hydrogen-bond donors (Lipinski definition) is 1. The van der Waals surface area contributed by atoms with Gasteiger partial charge < -0.3 is 10.5 Å². The second-order valence-electron chi connectivity index (χ2n) is 2.15. The van der Waals surface area contributed by atoms with Gasteiger partial charge in [0.25, 0.3) is 19.0 Å². The molecule has 0 amide bonds. The summed E-state index contributed by atoms with van der Waals surface area (Å²) in [5.74, 6) is -0.295. The van der Waals surface area contributed by atoms with Crippen LogP contribution in [0.4, 0.5) is 0 Å². The summed E-state index contributed by atoms with van der Waals surface area (Å²) in [6.07, 6.45) is 0.701. The zero-order chi connectivity index (χ0) is 8.69. The Labute approximate surface area is 71.5 Å². The Morgan fingerprint density at radius 3 is 2.82 bits per heavy atom. The second-order valence-corrected chi connectivity index (χ2v) is 2.77. The summed E-state index contributed by atoms with van der Waals surface area (Å²) in [5.41, 5.74) is 5.19. The van der Waals surface area contributed by atoms with E-state index in [1.165, 1.54) is 3.95 Å². The molecular weight excluding hydrogens is 164 g/mol. The van der Waals surface area contributed by atoms with Gasteiger partial charge in [0.1, 0.15) is 7.05 Å². The van der Waals surface area contributed by atoms with E-state index in [2.05, 4.69) is 12.4 Å². The molecule has 0 aliphatic carbocycles. The van der Waals surface area contributed by atoms with Crippen LogP contribution < -0.4 is 5.73 Å². The summed E-state index contributed by atoms with van der Waals surface area (Å²) in [7, 11) is 1.64. The number of esters is 1. The van der Waals surface area contributed by atoms with Crippen LogP contribution in [0, 0.1) is 0 Å². The SMILES string of the molecule is C[N+](=S)CC(=O)OCCCN. The van der Waals surface area contributed by atoms with Crippen LogP contribution in [-0.2, 0) is 22.0 Å². The molecule has 0 bridgehead atoms. The largest absolute Gasteiger partial charge is 0.461 e. The lowest BCUT2D eigenvalue weighted by molar-refractivity contribution is -0.457. The number of hydrogen-bond acceptors (Lipinski definition) is 4. The molecule has 11 heavy (non-hydrogen) atoms. The highest BCUT2D eigenvalue weighted by atomic mass is 32.1. The number of carbonyl (C=O) groups is 1. The fourth-order valence-electron chi connectivity index (χ4n) is 0.497. The van der Waals surface area contributed by atoms with Crippen molar-refractivity contribution in [2.24, 2.45) is 5.73 Å². The summed E-state index contributed by atoms with van der Waals surface area (Å²) < 4.78 is 6.12. The van der Waals surface area contributed by atoms with Gasteiger partial charge >= 0.3 is 5.97 Å². The molecule has 0 rings (SSSR count). The minimum absolute atomic E-state index is 0.153. The summed E-state index contributed by atoms with van der Waals surface area (Å²) in [6, 6.07) is 0. The topological polar surface area (TPSA) is 55.3 Å². The Hall–Kier alpha value is -0.550. The molecule has 0 heterocycles. The number of nitrogens with zero attached hydrogens (tertiary/aromatic N) is 1. The number of likely N-dealkylation sites (N-methyl/N-ethyl adjacent to an activating group) is 1. The van der Waals surface area contributed by atoms with Gasteiger partial charge in [-0.2, -0.15) is 0 Å². The monoisotopic (exact) mass is 177 g/mol. The van der Waals surface area contributed by atoms with Crippen molar-refractivity contribution in [3.63, 3.8) is 0 Å². The van der Waals surface area contributed by atoms with E-state index in [0.29, 0.717) is 19.6 Å². The average molecular weight is 177 g/mol. The molecule has 0 fully saturated rings. The number of nitrogens with two attached hydrogens (primary N) is 1. The molecule has 0 aromatic rings. The van der Waals surface area contributed by atoms with Gasteiger partial charge in [-0.05, 0) is 13.0 Å². The van der Waals surface area contributed by atoms with Gasteiger partial charge in [0.2, 0.25) is 0 Å². The molecule has 0 atom stereocenters. The zero-order valence-electron chi connectivity index (χ0n) is 6.58. The van der Waals surface area contributed by atoms with E-state index in [1.807, 2.05) is 0 Å². The summed E-state index contributed by atoms with van der Waals surface area (Å²) in [6.45, 7) is 1.08. The van der Waals surface area contributed by atoms with Gasteiger partial charge in [-0.15, -0.1) is 3.95 Å². The summed E-state index contributed by atoms with van der Waals surface area (Å²) in [5, 5.41) is 0. The number of rotatable bonds is 5. The van der Waals surface area contributed by atoms with Gasteiger partial charge in [0.05, 0.1) is 6.61 Å². The maximum Gasteiger partial charge on any atom is 0.373 e. The highest BCUT2D eigenvalue weighted by molar-refractivity contribution is 7.44. The number of carbonyl (C=O) groups excluding carboxylic acids is 1. The van der Waals surface area contributed by atoms with Crippen molar-refractivity contribution >= 4 is 18.4 Å². The highest BCUT2D eigenvalue weighted by Gasteiger charge is 2.07. The van der Waals surface area contributed by atoms with E-state index in [1.54, 1.807) is 7.05 Å². The van der Waals surface area contributed by atoms with Crippen molar-refractivity contribution in [2.75, 3.05) is 26.7 Å². The van der Waals surface area contributed by atoms with Crippen LogP contribution in [0.15, 0.2) is 0 Å². The first-order chi connectivity index (χ1) is 5.16. The molecule has 0 aliphatic heterocycles. The van der Waals surface area contributed by atoms with Crippen LogP contribution in [0.3, 0.4) is 0 Å². The van der Waals surface area contributed by atoms with Crippen molar-refractivity contribution in [3.05, 3.63) is 0 Å². The Kier molecular flexibility index (Phi) is 5.87. The highest BCUT2D eigenvalue weighted by Crippen LogP contribution is 1.82. The molecule has 0 spiro atoms. The third-order valence-corrected chi connectivity index (χ3v) is 1.09. The maximum absolute atomic E-state index is 10.8. The molecule has 0 aromatic heterocycles. The molecule has 5 heteroatoms. The molecular formula is C6H13N2O2S+. The number of ether oxygens (including phenoxy) is 1. The van der Waals surface area contributed by atoms with E-state index < -0.39 is 0 Å². The van der Waals surface area contributed by atoms with E-state index in [4.69, 9.17) is 10.5 Å². The molecule has 0 aliphatic rings. The van der Waals surface area contributed by atoms with Gasteiger partial charge in [-0.1, -0.05) is 0 Å². The third kappa shape index (κ3) is 7.35. The minimum atomic E-state index is -0.295. The first-order valence-electron chi connectivity index (χ1n) is 3.40. The molecule has 0 unspecified atom stereocenters. The minimum Gasteiger partial charge on any atom is -0.461 e. The van der Waals surface area contributed by atoms with Crippen LogP contribution in [0.5, 0.6) is 0 Å². The van der Waals surface area contributed by atoms with Gasteiger partial charge in [0, 0.05) is 0 Å². The van der Waals surface area contributed by atoms with Gasteiger partial charge in [-0.25, -0.2) is 4.79 Å². The Balaban J connectivity index is 3.30. The average Bonchev–Trinajstić information content (AvgIpc) is 1.86. The predicted molar refractivity (Wildman–Crippen MR) is 43.0 cm³/mol. The quantitative estimate of drug-likeness (QED) is 0.341. The fraction of sp³-hybridized carbons (Fsp3) is 0.833. The van der Waals surface area contributed by atoms with Crippen LogP contribution in [0.25, 0.3) is 0 Å². The summed E-state index contributed by atoms with van der Waals surface area (Å²) >= 11 is 4.64. The lowest BCUT2D eigenvalue weighted by Gasteiger charge is -1.99. The molecule has 0 saturated heterocycles. The Morgan fingerprint density at radius 2 is 2.36 bits per heavy atom. The molecule has 0 aromatic carbocycles. The molecule has 0 radical (unpaired) electrons. The van der Waals surface area contributed by atoms with Crippen molar-refractivity contribution in [1.29, 1.82) is 0 Å². The Bertz CT molecular complexity index is 150. The fourth-order valence-corrected chi connectivity index (χ4v) is 0.602. The van der Waals surface area contributed by atoms with E-state index in [-0.39, 0.29) is 12.5 Å². The predicted octanol–water partition coefficient (Wildman–Crippen LogP) is -0.749. The van der Waals surface area contributed by atoms with Crippen molar-refractivity contribution in [3.8, 4) is 0 Å². The van der Waals surface area contributed by atoms with E-state index in [0.717, 1.165) is 0 Å². The standard InChI is InChI=1S/C6H13N2O2S/c1-8(11)5-6(9)10-4-2-3-7/h2-5,7H2,1H3/q+1. The molecule has 64 valence electrons. The van der Waals surface area contributed by atoms with Gasteiger partial charge in [-0.3, -0.25) is 0 Å². The van der Waals surface area contributed by atoms with Gasteiger partial charge in [0.15, 0.2) is 0 Å². The molecule has 2 N–H and O–H groups in total. The van der Waals surface area contributed by atoms with Crippen LogP contribution in [-0.4, -0.2) is 36.7 Å². The van der Waals surface area contributed by atoms with Crippen LogP contribution in [0.1, 0.15) is 6.42 Å². The van der Waals surface area contributed by atoms with Crippen molar-refractivity contribution in [2.45, 2.75) is 6.42 Å². The zero-order valence-corrected chi connectivity index (χ0v) is 7.39. The molecule has 4 nitrogen and oxygen atoms in total. The maximum atomic E-state index is 10.8. The lowest BCUT2D eigenvalue weighted by Crippen LogP contribution is -2.19. The van der Waals surface area contributed by atoms with Crippen LogP contribution >= 0.6 is 0 Å². The smallest absolute Gasteiger partial charge is 0.373 e. The first kappa shape index (κ1) is 10.4. The summed E-state index contributed by atoms with van der Waals surface area (Å²) in [4.78, 5) is 10.8. The van der Waals surface area contributed by atoms with E-state index >= 15 is 0 Å². The van der Waals surface area contributed by atoms with Crippen LogP contribution in [0.2, 0.25) is 0 Å². The first-order valence-corrected chi connectivity index (χ1v) is 3.77. The Morgan fingerprint density at radius 1 is 1.73 bits per heavy atom. The van der Waals surface area contributed by atoms with Crippen molar-refractivity contribution < 1.29 is 13.5 Å². The van der Waals surface area contributed by atoms with E-state index in [9.17, 15) is 4.79 Å². The lowest BCUT2D eigenvalue weighted by atomic mass is 10.5. The second kappa shape index (κ2) is 6.18.